The molecular weight excluding hydrogens is 258 g/mol. The van der Waals surface area contributed by atoms with Crippen molar-refractivity contribution in [1.82, 2.24) is 10.3 Å². The highest BCUT2D eigenvalue weighted by molar-refractivity contribution is 5.41. The van der Waals surface area contributed by atoms with Gasteiger partial charge in [0.25, 0.3) is 0 Å². The van der Waals surface area contributed by atoms with E-state index < -0.39 is 0 Å². The number of hydrogen-bond donors (Lipinski definition) is 1. The highest BCUT2D eigenvalue weighted by Gasteiger charge is 2.20. The molecule has 21 heavy (non-hydrogen) atoms. The molecule has 0 radical (unpaired) electrons. The summed E-state index contributed by atoms with van der Waals surface area (Å²) in [6.45, 7) is 3.92. The third-order valence-corrected chi connectivity index (χ3v) is 3.99. The molecule has 1 aromatic carbocycles. The van der Waals surface area contributed by atoms with Gasteiger partial charge in [-0.2, -0.15) is 0 Å². The third-order valence-electron chi connectivity index (χ3n) is 3.99. The Balaban J connectivity index is 1.65. The van der Waals surface area contributed by atoms with Gasteiger partial charge in [0.15, 0.2) is 0 Å². The van der Waals surface area contributed by atoms with Crippen molar-refractivity contribution in [3.8, 4) is 0 Å². The van der Waals surface area contributed by atoms with Gasteiger partial charge in [0, 0.05) is 31.9 Å². The lowest BCUT2D eigenvalue weighted by Gasteiger charge is -2.19. The van der Waals surface area contributed by atoms with Crippen LogP contribution in [0.5, 0.6) is 0 Å². The Kier molecular flexibility index (Phi) is 4.20. The molecule has 0 aliphatic heterocycles. The lowest BCUT2D eigenvalue weighted by molar-refractivity contribution is 0.682. The average Bonchev–Trinajstić information content (AvgIpc) is 3.31. The van der Waals surface area contributed by atoms with Crippen molar-refractivity contribution in [1.29, 1.82) is 0 Å². The molecule has 3 rings (SSSR count). The quantitative estimate of drug-likeness (QED) is 0.880. The second-order valence-electron chi connectivity index (χ2n) is 5.91. The zero-order valence-corrected chi connectivity index (χ0v) is 12.8. The molecule has 110 valence electrons. The molecule has 3 heteroatoms. The van der Waals surface area contributed by atoms with Crippen molar-refractivity contribution in [2.45, 2.75) is 38.9 Å². The molecule has 1 aliphatic carbocycles. The summed E-state index contributed by atoms with van der Waals surface area (Å²) in [6.07, 6.45) is 2.65. The van der Waals surface area contributed by atoms with Crippen LogP contribution in [-0.4, -0.2) is 18.1 Å². The summed E-state index contributed by atoms with van der Waals surface area (Å²) in [4.78, 5) is 6.95. The van der Waals surface area contributed by atoms with Crippen molar-refractivity contribution in [2.75, 3.05) is 11.9 Å². The van der Waals surface area contributed by atoms with Gasteiger partial charge in [-0.1, -0.05) is 36.4 Å². The van der Waals surface area contributed by atoms with E-state index in [4.69, 9.17) is 4.98 Å². The van der Waals surface area contributed by atoms with Crippen molar-refractivity contribution in [3.63, 3.8) is 0 Å². The van der Waals surface area contributed by atoms with Crippen LogP contribution in [0, 0.1) is 6.92 Å². The smallest absolute Gasteiger partial charge is 0.128 e. The lowest BCUT2D eigenvalue weighted by Crippen LogP contribution is -2.20. The largest absolute Gasteiger partial charge is 0.355 e. The minimum Gasteiger partial charge on any atom is -0.355 e. The minimum atomic E-state index is 0.741. The number of nitrogens with zero attached hydrogens (tertiary/aromatic N) is 2. The van der Waals surface area contributed by atoms with Crippen molar-refractivity contribution in [3.05, 3.63) is 59.3 Å². The van der Waals surface area contributed by atoms with Gasteiger partial charge in [-0.05, 0) is 37.0 Å². The van der Waals surface area contributed by atoms with Crippen LogP contribution in [0.25, 0.3) is 0 Å². The number of hydrogen-bond acceptors (Lipinski definition) is 3. The minimum absolute atomic E-state index is 0.741. The Morgan fingerprint density at radius 3 is 2.57 bits per heavy atom. The molecule has 3 nitrogen and oxygen atoms in total. The molecule has 0 spiro atoms. The van der Waals surface area contributed by atoms with Crippen LogP contribution in [0.4, 0.5) is 5.82 Å². The van der Waals surface area contributed by atoms with Gasteiger partial charge in [0.05, 0.1) is 0 Å². The molecule has 0 saturated heterocycles. The summed E-state index contributed by atoms with van der Waals surface area (Å²) in [7, 11) is 2.09. The molecule has 1 aliphatic rings. The van der Waals surface area contributed by atoms with Crippen LogP contribution in [0.15, 0.2) is 42.5 Å². The fourth-order valence-corrected chi connectivity index (χ4v) is 2.46. The summed E-state index contributed by atoms with van der Waals surface area (Å²) in [5, 5.41) is 3.55. The Morgan fingerprint density at radius 2 is 1.90 bits per heavy atom. The summed E-state index contributed by atoms with van der Waals surface area (Å²) in [6, 6.07) is 15.6. The highest BCUT2D eigenvalue weighted by atomic mass is 15.2. The molecular formula is C18H23N3. The predicted octanol–water partition coefficient (Wildman–Crippen LogP) is 3.28. The fraction of sp³-hybridized carbons (Fsp3) is 0.389. The number of pyridine rings is 1. The first kappa shape index (κ1) is 14.1. The third kappa shape index (κ3) is 3.82. The summed E-state index contributed by atoms with van der Waals surface area (Å²) < 4.78 is 0. The highest BCUT2D eigenvalue weighted by Crippen LogP contribution is 2.21. The van der Waals surface area contributed by atoms with Gasteiger partial charge in [0.1, 0.15) is 5.82 Å². The molecule has 0 unspecified atom stereocenters. The van der Waals surface area contributed by atoms with E-state index in [1.54, 1.807) is 0 Å². The van der Waals surface area contributed by atoms with Crippen LogP contribution >= 0.6 is 0 Å². The zero-order chi connectivity index (χ0) is 14.7. The van der Waals surface area contributed by atoms with Gasteiger partial charge in [-0.25, -0.2) is 4.98 Å². The van der Waals surface area contributed by atoms with Crippen molar-refractivity contribution < 1.29 is 0 Å². The second kappa shape index (κ2) is 6.27. The normalized spacial score (nSPS) is 14.2. The number of aryl methyl sites for hydroxylation is 1. The van der Waals surface area contributed by atoms with E-state index in [0.29, 0.717) is 0 Å². The average molecular weight is 281 g/mol. The van der Waals surface area contributed by atoms with Crippen LogP contribution in [0.2, 0.25) is 0 Å². The SMILES string of the molecule is Cc1nc(N(C)Cc2ccccc2)ccc1CNC1CC1. The number of aromatic nitrogens is 1. The molecule has 2 aromatic rings. The van der Waals surface area contributed by atoms with Crippen LogP contribution < -0.4 is 10.2 Å². The maximum absolute atomic E-state index is 4.75. The molecule has 1 fully saturated rings. The summed E-state index contributed by atoms with van der Waals surface area (Å²) in [5.74, 6) is 1.03. The first-order valence-corrected chi connectivity index (χ1v) is 7.67. The molecule has 1 heterocycles. The zero-order valence-electron chi connectivity index (χ0n) is 12.8. The van der Waals surface area contributed by atoms with Gasteiger partial charge < -0.3 is 10.2 Å². The second-order valence-corrected chi connectivity index (χ2v) is 5.91. The fourth-order valence-electron chi connectivity index (χ4n) is 2.46. The topological polar surface area (TPSA) is 28.2 Å². The Morgan fingerprint density at radius 1 is 1.14 bits per heavy atom. The van der Waals surface area contributed by atoms with E-state index in [2.05, 4.69) is 60.6 Å². The Bertz CT molecular complexity index is 591. The number of anilines is 1. The van der Waals surface area contributed by atoms with E-state index in [-0.39, 0.29) is 0 Å². The monoisotopic (exact) mass is 281 g/mol. The van der Waals surface area contributed by atoms with Crippen molar-refractivity contribution in [2.24, 2.45) is 0 Å². The van der Waals surface area contributed by atoms with Crippen LogP contribution in [0.3, 0.4) is 0 Å². The first-order valence-electron chi connectivity index (χ1n) is 7.67. The van der Waals surface area contributed by atoms with E-state index in [1.165, 1.54) is 24.0 Å². The molecule has 1 aromatic heterocycles. The van der Waals surface area contributed by atoms with E-state index in [1.807, 2.05) is 6.07 Å². The number of benzene rings is 1. The maximum atomic E-state index is 4.75. The molecule has 1 saturated carbocycles. The molecule has 1 N–H and O–H groups in total. The summed E-state index contributed by atoms with van der Waals surface area (Å²) in [5.41, 5.74) is 3.73. The first-order chi connectivity index (χ1) is 10.2. The van der Waals surface area contributed by atoms with Gasteiger partial charge in [-0.15, -0.1) is 0 Å². The Hall–Kier alpha value is -1.87. The predicted molar refractivity (Wildman–Crippen MR) is 87.4 cm³/mol. The molecule has 0 amide bonds. The van der Waals surface area contributed by atoms with Gasteiger partial charge in [0.2, 0.25) is 0 Å². The molecule has 0 atom stereocenters. The number of nitrogens with one attached hydrogen (secondary N) is 1. The van der Waals surface area contributed by atoms with Crippen LogP contribution in [-0.2, 0) is 13.1 Å². The summed E-state index contributed by atoms with van der Waals surface area (Å²) >= 11 is 0. The standard InChI is InChI=1S/C18H23N3/c1-14-16(12-19-17-9-10-17)8-11-18(20-14)21(2)13-15-6-4-3-5-7-15/h3-8,11,17,19H,9-10,12-13H2,1-2H3. The Labute approximate surface area is 127 Å². The van der Waals surface area contributed by atoms with Crippen LogP contribution in [0.1, 0.15) is 29.7 Å². The van der Waals surface area contributed by atoms with E-state index >= 15 is 0 Å². The van der Waals surface area contributed by atoms with E-state index in [9.17, 15) is 0 Å². The van der Waals surface area contributed by atoms with Gasteiger partial charge in [-0.3, -0.25) is 0 Å². The molecule has 0 bridgehead atoms. The van der Waals surface area contributed by atoms with E-state index in [0.717, 1.165) is 30.6 Å². The number of rotatable bonds is 6. The maximum Gasteiger partial charge on any atom is 0.128 e. The van der Waals surface area contributed by atoms with Gasteiger partial charge >= 0.3 is 0 Å². The van der Waals surface area contributed by atoms with Crippen molar-refractivity contribution >= 4 is 5.82 Å². The lowest BCUT2D eigenvalue weighted by atomic mass is 10.2.